The molecule has 0 fully saturated rings. The third-order valence-electron chi connectivity index (χ3n) is 4.20. The van der Waals surface area contributed by atoms with Crippen molar-refractivity contribution in [3.63, 3.8) is 0 Å². The molecule has 0 amide bonds. The van der Waals surface area contributed by atoms with Crippen LogP contribution in [0.25, 0.3) is 0 Å². The van der Waals surface area contributed by atoms with Crippen molar-refractivity contribution >= 4 is 28.9 Å². The van der Waals surface area contributed by atoms with Crippen molar-refractivity contribution in [3.05, 3.63) is 58.1 Å². The van der Waals surface area contributed by atoms with E-state index in [1.54, 1.807) is 0 Å². The predicted molar refractivity (Wildman–Crippen MR) is 110 cm³/mol. The lowest BCUT2D eigenvalue weighted by atomic mass is 10.1. The van der Waals surface area contributed by atoms with Crippen LogP contribution < -0.4 is 10.1 Å². The van der Waals surface area contributed by atoms with Crippen molar-refractivity contribution in [1.29, 1.82) is 0 Å². The van der Waals surface area contributed by atoms with Gasteiger partial charge in [0.25, 0.3) is 0 Å². The molecule has 0 aliphatic rings. The molecule has 1 unspecified atom stereocenters. The summed E-state index contributed by atoms with van der Waals surface area (Å²) in [6.07, 6.45) is 0.303. The smallest absolute Gasteiger partial charge is 0.119 e. The number of anilines is 1. The molecule has 1 atom stereocenters. The average molecular weight is 397 g/mol. The summed E-state index contributed by atoms with van der Waals surface area (Å²) in [5.41, 5.74) is 2.16. The van der Waals surface area contributed by atoms with Crippen LogP contribution in [0.4, 0.5) is 5.69 Å². The van der Waals surface area contributed by atoms with Crippen LogP contribution in [-0.4, -0.2) is 49.4 Å². The standard InChI is InChI=1S/C20H26Cl2N2O2/c1-3-24(11-10-15-4-9-19(21)20(22)12-15)13-17(25)14-26-18-7-5-16(23-2)6-8-18/h4-9,12,17,23,25H,3,10-11,13-14H2,1-2H3. The summed E-state index contributed by atoms with van der Waals surface area (Å²) in [6, 6.07) is 13.4. The van der Waals surface area contributed by atoms with Crippen LogP contribution >= 0.6 is 23.2 Å². The maximum atomic E-state index is 10.3. The lowest BCUT2D eigenvalue weighted by Crippen LogP contribution is -2.36. The van der Waals surface area contributed by atoms with Crippen LogP contribution in [0.5, 0.6) is 5.75 Å². The molecular formula is C20H26Cl2N2O2. The molecule has 2 N–H and O–H groups in total. The maximum Gasteiger partial charge on any atom is 0.119 e. The highest BCUT2D eigenvalue weighted by Gasteiger charge is 2.12. The second-order valence-electron chi connectivity index (χ2n) is 6.13. The molecule has 0 aliphatic heterocycles. The lowest BCUT2D eigenvalue weighted by molar-refractivity contribution is 0.0702. The molecule has 0 spiro atoms. The van der Waals surface area contributed by atoms with E-state index < -0.39 is 6.10 Å². The number of nitrogens with one attached hydrogen (secondary N) is 1. The molecule has 0 aliphatic carbocycles. The number of likely N-dealkylation sites (N-methyl/N-ethyl adjacent to an activating group) is 1. The normalized spacial score (nSPS) is 12.2. The second-order valence-corrected chi connectivity index (χ2v) is 6.95. The van der Waals surface area contributed by atoms with E-state index in [2.05, 4.69) is 17.1 Å². The van der Waals surface area contributed by atoms with Crippen LogP contribution in [0.15, 0.2) is 42.5 Å². The Morgan fingerprint density at radius 3 is 2.46 bits per heavy atom. The van der Waals surface area contributed by atoms with Crippen molar-refractivity contribution in [1.82, 2.24) is 4.90 Å². The summed E-state index contributed by atoms with van der Waals surface area (Å²) >= 11 is 12.0. The van der Waals surface area contributed by atoms with Crippen LogP contribution in [0.1, 0.15) is 12.5 Å². The number of nitrogens with zero attached hydrogens (tertiary/aromatic N) is 1. The summed E-state index contributed by atoms with van der Waals surface area (Å²) in [6.45, 7) is 4.60. The van der Waals surface area contributed by atoms with Gasteiger partial charge in [-0.05, 0) is 54.9 Å². The Morgan fingerprint density at radius 1 is 1.12 bits per heavy atom. The Hall–Kier alpha value is -1.46. The predicted octanol–water partition coefficient (Wildman–Crippen LogP) is 4.34. The highest BCUT2D eigenvalue weighted by molar-refractivity contribution is 6.42. The first-order valence-corrected chi connectivity index (χ1v) is 9.52. The van der Waals surface area contributed by atoms with Gasteiger partial charge in [-0.1, -0.05) is 36.2 Å². The number of benzene rings is 2. The molecule has 0 heterocycles. The Labute approximate surface area is 165 Å². The first-order valence-electron chi connectivity index (χ1n) is 8.76. The third-order valence-corrected chi connectivity index (χ3v) is 4.94. The molecule has 2 rings (SSSR count). The Balaban J connectivity index is 1.77. The van der Waals surface area contributed by atoms with Gasteiger partial charge in [0, 0.05) is 25.8 Å². The molecule has 2 aromatic carbocycles. The van der Waals surface area contributed by atoms with Gasteiger partial charge in [-0.3, -0.25) is 0 Å². The first kappa shape index (κ1) is 20.8. The average Bonchev–Trinajstić information content (AvgIpc) is 2.66. The van der Waals surface area contributed by atoms with Gasteiger partial charge < -0.3 is 20.1 Å². The van der Waals surface area contributed by atoms with Crippen molar-refractivity contribution < 1.29 is 9.84 Å². The Morgan fingerprint density at radius 2 is 1.85 bits per heavy atom. The first-order chi connectivity index (χ1) is 12.5. The number of aliphatic hydroxyl groups excluding tert-OH is 1. The highest BCUT2D eigenvalue weighted by atomic mass is 35.5. The van der Waals surface area contributed by atoms with E-state index in [4.69, 9.17) is 27.9 Å². The van der Waals surface area contributed by atoms with E-state index in [1.807, 2.05) is 49.5 Å². The van der Waals surface area contributed by atoms with E-state index in [9.17, 15) is 5.11 Å². The summed E-state index contributed by atoms with van der Waals surface area (Å²) in [5.74, 6) is 0.752. The quantitative estimate of drug-likeness (QED) is 0.626. The molecule has 4 nitrogen and oxygen atoms in total. The topological polar surface area (TPSA) is 44.7 Å². The molecule has 0 radical (unpaired) electrons. The summed E-state index contributed by atoms with van der Waals surface area (Å²) in [5, 5.41) is 14.5. The minimum Gasteiger partial charge on any atom is -0.491 e. The molecule has 6 heteroatoms. The molecule has 0 saturated carbocycles. The van der Waals surface area contributed by atoms with Crippen LogP contribution in [0.3, 0.4) is 0 Å². The number of hydrogen-bond acceptors (Lipinski definition) is 4. The van der Waals surface area contributed by atoms with Gasteiger partial charge in [0.2, 0.25) is 0 Å². The van der Waals surface area contributed by atoms with Gasteiger partial charge in [0.15, 0.2) is 0 Å². The molecule has 0 bridgehead atoms. The van der Waals surface area contributed by atoms with Gasteiger partial charge in [0.1, 0.15) is 18.5 Å². The number of halogens is 2. The van der Waals surface area contributed by atoms with Gasteiger partial charge in [-0.2, -0.15) is 0 Å². The second kappa shape index (κ2) is 10.6. The number of rotatable bonds is 10. The number of aliphatic hydroxyl groups is 1. The fraction of sp³-hybridized carbons (Fsp3) is 0.400. The SMILES string of the molecule is CCN(CCc1ccc(Cl)c(Cl)c1)CC(O)COc1ccc(NC)cc1. The van der Waals surface area contributed by atoms with Crippen molar-refractivity contribution in [2.24, 2.45) is 0 Å². The molecule has 0 aromatic heterocycles. The van der Waals surface area contributed by atoms with Crippen molar-refractivity contribution in [3.8, 4) is 5.75 Å². The van der Waals surface area contributed by atoms with Gasteiger partial charge in [-0.25, -0.2) is 0 Å². The molecule has 26 heavy (non-hydrogen) atoms. The minimum atomic E-state index is -0.548. The molecule has 2 aromatic rings. The highest BCUT2D eigenvalue weighted by Crippen LogP contribution is 2.23. The number of hydrogen-bond donors (Lipinski definition) is 2. The Kier molecular flexibility index (Phi) is 8.52. The Bertz CT molecular complexity index is 680. The van der Waals surface area contributed by atoms with E-state index >= 15 is 0 Å². The van der Waals surface area contributed by atoms with E-state index in [1.165, 1.54) is 0 Å². The van der Waals surface area contributed by atoms with Crippen LogP contribution in [-0.2, 0) is 6.42 Å². The molecule has 142 valence electrons. The lowest BCUT2D eigenvalue weighted by Gasteiger charge is -2.23. The zero-order chi connectivity index (χ0) is 18.9. The van der Waals surface area contributed by atoms with E-state index in [0.717, 1.165) is 36.5 Å². The summed E-state index contributed by atoms with van der Waals surface area (Å²) < 4.78 is 5.67. The monoisotopic (exact) mass is 396 g/mol. The van der Waals surface area contributed by atoms with E-state index in [-0.39, 0.29) is 6.61 Å². The van der Waals surface area contributed by atoms with Gasteiger partial charge >= 0.3 is 0 Å². The zero-order valence-electron chi connectivity index (χ0n) is 15.2. The minimum absolute atomic E-state index is 0.266. The van der Waals surface area contributed by atoms with Gasteiger partial charge in [-0.15, -0.1) is 0 Å². The fourth-order valence-electron chi connectivity index (χ4n) is 2.62. The van der Waals surface area contributed by atoms with Gasteiger partial charge in [0.05, 0.1) is 10.0 Å². The van der Waals surface area contributed by atoms with Crippen molar-refractivity contribution in [2.75, 3.05) is 38.6 Å². The zero-order valence-corrected chi connectivity index (χ0v) is 16.7. The molecule has 0 saturated heterocycles. The van der Waals surface area contributed by atoms with Crippen LogP contribution in [0, 0.1) is 0 Å². The van der Waals surface area contributed by atoms with E-state index in [0.29, 0.717) is 16.6 Å². The summed E-state index contributed by atoms with van der Waals surface area (Å²) in [4.78, 5) is 2.20. The maximum absolute atomic E-state index is 10.3. The third kappa shape index (κ3) is 6.69. The largest absolute Gasteiger partial charge is 0.491 e. The number of ether oxygens (including phenoxy) is 1. The van der Waals surface area contributed by atoms with Crippen LogP contribution in [0.2, 0.25) is 10.0 Å². The van der Waals surface area contributed by atoms with Crippen molar-refractivity contribution in [2.45, 2.75) is 19.4 Å². The molecular weight excluding hydrogens is 371 g/mol. The summed E-state index contributed by atoms with van der Waals surface area (Å²) in [7, 11) is 1.87. The fourth-order valence-corrected chi connectivity index (χ4v) is 2.94.